The third-order valence-corrected chi connectivity index (χ3v) is 15.3. The molecule has 8 aromatic rings. The molecule has 2 unspecified atom stereocenters. The van der Waals surface area contributed by atoms with Crippen LogP contribution in [0, 0.1) is 17.6 Å². The molecule has 5 aliphatic rings. The van der Waals surface area contributed by atoms with Crippen LogP contribution in [0.4, 0.5) is 20.4 Å². The van der Waals surface area contributed by atoms with Gasteiger partial charge in [-0.15, -0.1) is 0 Å². The van der Waals surface area contributed by atoms with E-state index in [1.54, 1.807) is 17.2 Å². The lowest BCUT2D eigenvalue weighted by molar-refractivity contribution is 0.0832. The first kappa shape index (κ1) is 68.5. The Balaban J connectivity index is 0.000000241. The highest BCUT2D eigenvalue weighted by Gasteiger charge is 2.52. The van der Waals surface area contributed by atoms with Gasteiger partial charge in [0.05, 0.1) is 37.9 Å². The van der Waals surface area contributed by atoms with Crippen molar-refractivity contribution in [3.63, 3.8) is 0 Å². The van der Waals surface area contributed by atoms with Gasteiger partial charge in [0.25, 0.3) is 11.8 Å². The van der Waals surface area contributed by atoms with E-state index in [1.807, 2.05) is 166 Å². The number of aromatic nitrogens is 5. The zero-order valence-corrected chi connectivity index (χ0v) is 54.9. The van der Waals surface area contributed by atoms with E-state index in [0.29, 0.717) is 72.7 Å². The van der Waals surface area contributed by atoms with Gasteiger partial charge in [0.15, 0.2) is 23.0 Å². The van der Waals surface area contributed by atoms with Crippen LogP contribution in [0.2, 0.25) is 0 Å². The lowest BCUT2D eigenvalue weighted by Crippen LogP contribution is -2.51. The molecular weight excluding hydrogens is 1100 g/mol. The quantitative estimate of drug-likeness (QED) is 0.126. The number of imidazole rings is 2. The van der Waals surface area contributed by atoms with Crippen molar-refractivity contribution in [2.24, 2.45) is 15.9 Å². The summed E-state index contributed by atoms with van der Waals surface area (Å²) in [5, 5.41) is 0. The molecule has 0 fully saturated rings. The van der Waals surface area contributed by atoms with Crippen molar-refractivity contribution in [1.29, 1.82) is 0 Å². The maximum atomic E-state index is 14.2. The van der Waals surface area contributed by atoms with Gasteiger partial charge >= 0.3 is 0 Å². The van der Waals surface area contributed by atoms with Crippen LogP contribution in [0.25, 0.3) is 22.6 Å². The number of halogens is 2. The number of guanidine groups is 2. The predicted octanol–water partition coefficient (Wildman–Crippen LogP) is 16.8. The van der Waals surface area contributed by atoms with Crippen molar-refractivity contribution >= 4 is 35.4 Å². The van der Waals surface area contributed by atoms with Crippen molar-refractivity contribution in [3.05, 3.63) is 208 Å². The van der Waals surface area contributed by atoms with E-state index in [1.165, 1.54) is 28.3 Å². The smallest absolute Gasteiger partial charge is 0.283 e. The molecule has 13 nitrogen and oxygen atoms in total. The second kappa shape index (κ2) is 32.4. The van der Waals surface area contributed by atoms with Gasteiger partial charge in [-0.3, -0.25) is 34.2 Å². The van der Waals surface area contributed by atoms with Crippen molar-refractivity contribution in [2.75, 3.05) is 36.0 Å². The summed E-state index contributed by atoms with van der Waals surface area (Å²) in [6.07, 6.45) is 4.36. The van der Waals surface area contributed by atoms with Gasteiger partial charge in [0.2, 0.25) is 11.9 Å². The normalized spacial score (nSPS) is 16.0. The van der Waals surface area contributed by atoms with E-state index >= 15 is 0 Å². The third-order valence-electron chi connectivity index (χ3n) is 15.3. The minimum absolute atomic E-state index is 0.00897. The maximum Gasteiger partial charge on any atom is 0.283 e. The van der Waals surface area contributed by atoms with E-state index in [2.05, 4.69) is 101 Å². The van der Waals surface area contributed by atoms with Crippen LogP contribution in [0.5, 0.6) is 0 Å². The number of benzene rings is 5. The number of amides is 2. The number of anilines is 2. The Labute approximate surface area is 523 Å². The van der Waals surface area contributed by atoms with Gasteiger partial charge in [-0.2, -0.15) is 0 Å². The zero-order chi connectivity index (χ0) is 64.2. The molecule has 0 N–H and O–H groups in total. The highest BCUT2D eigenvalue weighted by atomic mass is 19.2. The van der Waals surface area contributed by atoms with Crippen LogP contribution in [-0.4, -0.2) is 89.8 Å². The second-order valence-corrected chi connectivity index (χ2v) is 20.3. The summed E-state index contributed by atoms with van der Waals surface area (Å²) < 4.78 is 32.1. The van der Waals surface area contributed by atoms with Gasteiger partial charge in [0.1, 0.15) is 28.8 Å². The van der Waals surface area contributed by atoms with E-state index in [0.717, 1.165) is 54.3 Å². The monoisotopic (exact) mass is 1190 g/mol. The molecular formula is C73H93F2N11O2. The molecule has 13 rings (SSSR count). The number of nitrogens with zero attached hydrogens (tertiary/aromatic N) is 11. The molecule has 0 radical (unpaired) electrons. The summed E-state index contributed by atoms with van der Waals surface area (Å²) >= 11 is 0. The molecule has 466 valence electrons. The Morgan fingerprint density at radius 3 is 1.72 bits per heavy atom. The molecule has 5 aromatic carbocycles. The van der Waals surface area contributed by atoms with Crippen LogP contribution in [0.1, 0.15) is 172 Å². The first-order valence-electron chi connectivity index (χ1n) is 32.2. The number of rotatable bonds is 11. The number of carbonyl (C=O) groups is 2. The fourth-order valence-electron chi connectivity index (χ4n) is 11.3. The molecule has 2 amide bonds. The van der Waals surface area contributed by atoms with Gasteiger partial charge in [0, 0.05) is 36.8 Å². The fraction of sp³-hybridized carbons (Fsp3) is 0.384. The van der Waals surface area contributed by atoms with Crippen LogP contribution in [0.3, 0.4) is 0 Å². The van der Waals surface area contributed by atoms with Crippen molar-refractivity contribution in [2.45, 2.75) is 155 Å². The molecule has 7 heterocycles. The molecule has 0 saturated carbocycles. The van der Waals surface area contributed by atoms with Crippen LogP contribution < -0.4 is 9.80 Å². The van der Waals surface area contributed by atoms with E-state index < -0.39 is 11.6 Å². The Hall–Kier alpha value is -8.59. The average molecular weight is 1190 g/mol. The minimum Gasteiger partial charge on any atom is -0.309 e. The summed E-state index contributed by atoms with van der Waals surface area (Å²) in [5.41, 5.74) is 8.58. The van der Waals surface area contributed by atoms with Gasteiger partial charge in [-0.1, -0.05) is 218 Å². The molecule has 3 aromatic heterocycles. The second-order valence-electron chi connectivity index (χ2n) is 20.3. The summed E-state index contributed by atoms with van der Waals surface area (Å²) in [5.74, 6) is 2.43. The number of pyridine rings is 1. The third kappa shape index (κ3) is 14.0. The molecule has 15 heteroatoms. The standard InChI is InChI=1S/C31H29N5O.C30H28F2N6O.6C2H6/c1-2-34-29(37)27-28(36-21-31(33-30(34)36)18-17-24-15-9-10-16-25(24)31)35(20-23-13-7-4-8-14-23)26(32-27)19-22-11-5-3-6-12-22;1-4-36-29(39)26-28(38-17-25(18(2)3)34-30(36)38)37(16-19-10-12-22(31)23(32)14-19)27(35-26)21-11-13-24(33-15-21)20-8-6-5-7-9-20;6*1-2/h3-16H,2,17-21H2,1H3;5-15,18,25H,4,16-17H2,1-3H3;6*1-2H3. The Bertz CT molecular complexity index is 3580. The first-order valence-corrected chi connectivity index (χ1v) is 32.2. The number of fused-ring (bicyclic) bond motifs is 8. The highest BCUT2D eigenvalue weighted by Crippen LogP contribution is 2.47. The Morgan fingerprint density at radius 2 is 1.12 bits per heavy atom. The Morgan fingerprint density at radius 1 is 0.568 bits per heavy atom. The molecule has 0 saturated heterocycles. The van der Waals surface area contributed by atoms with Crippen LogP contribution in [0.15, 0.2) is 162 Å². The summed E-state index contributed by atoms with van der Waals surface area (Å²) in [7, 11) is 0. The summed E-state index contributed by atoms with van der Waals surface area (Å²) in [6, 6.07) is 47.0. The number of hydrogen-bond donors (Lipinski definition) is 0. The summed E-state index contributed by atoms with van der Waals surface area (Å²) in [4.78, 5) is 60.0. The summed E-state index contributed by atoms with van der Waals surface area (Å²) in [6.45, 7) is 35.3. The first-order chi connectivity index (χ1) is 43.0. The fourth-order valence-corrected chi connectivity index (χ4v) is 11.3. The topological polar surface area (TPSA) is 120 Å². The molecule has 1 aliphatic carbocycles. The molecule has 4 aliphatic heterocycles. The lowest BCUT2D eigenvalue weighted by Gasteiger charge is -2.34. The van der Waals surface area contributed by atoms with Crippen LogP contribution >= 0.6 is 0 Å². The minimum atomic E-state index is -0.923. The van der Waals surface area contributed by atoms with Crippen molar-refractivity contribution < 1.29 is 18.4 Å². The SMILES string of the molecule is CC.CC.CC.CC.CC.CC.CCN1C(=O)c2nc(-c3ccc(-c4ccccc4)nc3)n(Cc3ccc(F)c(F)c3)c2N2CC(C(C)C)N=C12.CCN1C(=O)c2nc(Cc3ccccc3)n(Cc3ccccc3)c2N2CC3(CCc4ccccc43)N=C12. The number of hydrogen-bond acceptors (Lipinski definition) is 9. The molecule has 2 atom stereocenters. The number of aliphatic imine (C=N–C) groups is 2. The van der Waals surface area contributed by atoms with Crippen molar-refractivity contribution in [3.8, 4) is 22.6 Å². The molecule has 1 spiro atoms. The largest absolute Gasteiger partial charge is 0.309 e. The predicted molar refractivity (Wildman–Crippen MR) is 360 cm³/mol. The highest BCUT2D eigenvalue weighted by molar-refractivity contribution is 6.19. The number of carbonyl (C=O) groups excluding carboxylic acids is 2. The van der Waals surface area contributed by atoms with Gasteiger partial charge < -0.3 is 9.13 Å². The van der Waals surface area contributed by atoms with Gasteiger partial charge in [-0.25, -0.2) is 28.7 Å². The maximum absolute atomic E-state index is 14.2. The number of aryl methyl sites for hydroxylation is 1. The van der Waals surface area contributed by atoms with E-state index in [4.69, 9.17) is 20.0 Å². The van der Waals surface area contributed by atoms with Crippen LogP contribution in [-0.2, 0) is 31.5 Å². The van der Waals surface area contributed by atoms with Crippen molar-refractivity contribution in [1.82, 2.24) is 33.9 Å². The van der Waals surface area contributed by atoms with Gasteiger partial charge in [-0.05, 0) is 84.7 Å². The Kier molecular flexibility index (Phi) is 25.2. The average Bonchev–Trinajstić information content (AvgIpc) is 1.71. The lowest BCUT2D eigenvalue weighted by atomic mass is 9.93. The zero-order valence-electron chi connectivity index (χ0n) is 54.9. The van der Waals surface area contributed by atoms with E-state index in [-0.39, 0.29) is 35.9 Å². The molecule has 88 heavy (non-hydrogen) atoms. The van der Waals surface area contributed by atoms with E-state index in [9.17, 15) is 18.4 Å². The molecule has 0 bridgehead atoms.